The maximum atomic E-state index is 12.8. The van der Waals surface area contributed by atoms with Crippen molar-refractivity contribution in [2.75, 3.05) is 26.3 Å². The minimum atomic E-state index is -0.220. The van der Waals surface area contributed by atoms with Crippen molar-refractivity contribution < 1.29 is 4.39 Å². The molecule has 1 aliphatic heterocycles. The second kappa shape index (κ2) is 5.46. The molecular weight excluding hydrogens is 227 g/mol. The van der Waals surface area contributed by atoms with E-state index in [1.807, 2.05) is 0 Å². The summed E-state index contributed by atoms with van der Waals surface area (Å²) in [6.07, 6.45) is 6.57. The minimum Gasteiger partial charge on any atom is -0.308 e. The van der Waals surface area contributed by atoms with Crippen LogP contribution in [0.3, 0.4) is 0 Å². The second-order valence-corrected chi connectivity index (χ2v) is 7.26. The van der Waals surface area contributed by atoms with Gasteiger partial charge in [0.05, 0.1) is 0 Å². The summed E-state index contributed by atoms with van der Waals surface area (Å²) >= 11 is 0. The van der Waals surface area contributed by atoms with Crippen LogP contribution in [0.5, 0.6) is 0 Å². The third-order valence-corrected chi connectivity index (χ3v) is 4.80. The second-order valence-electron chi connectivity index (χ2n) is 7.26. The van der Waals surface area contributed by atoms with Crippen LogP contribution in [0.1, 0.15) is 52.9 Å². The molecule has 1 N–H and O–H groups in total. The van der Waals surface area contributed by atoms with Gasteiger partial charge in [-0.1, -0.05) is 40.0 Å². The molecule has 106 valence electrons. The van der Waals surface area contributed by atoms with Gasteiger partial charge in [-0.3, -0.25) is 4.90 Å². The Balaban J connectivity index is 2.07. The first kappa shape index (κ1) is 14.3. The van der Waals surface area contributed by atoms with Gasteiger partial charge >= 0.3 is 0 Å². The molecule has 1 heterocycles. The van der Waals surface area contributed by atoms with Crippen LogP contribution in [0, 0.1) is 5.41 Å². The largest absolute Gasteiger partial charge is 0.308 e. The highest BCUT2D eigenvalue weighted by Gasteiger charge is 2.42. The summed E-state index contributed by atoms with van der Waals surface area (Å²) in [4.78, 5) is 2.40. The summed E-state index contributed by atoms with van der Waals surface area (Å²) < 4.78 is 12.8. The van der Waals surface area contributed by atoms with Crippen LogP contribution in [0.15, 0.2) is 0 Å². The van der Waals surface area contributed by atoms with Crippen LogP contribution in [0.25, 0.3) is 0 Å². The van der Waals surface area contributed by atoms with Gasteiger partial charge in [-0.25, -0.2) is 4.39 Å². The lowest BCUT2D eigenvalue weighted by Gasteiger charge is -2.53. The van der Waals surface area contributed by atoms with Crippen LogP contribution < -0.4 is 5.32 Å². The van der Waals surface area contributed by atoms with E-state index in [2.05, 4.69) is 31.0 Å². The van der Waals surface area contributed by atoms with E-state index in [1.54, 1.807) is 0 Å². The lowest BCUT2D eigenvalue weighted by atomic mass is 9.76. The van der Waals surface area contributed by atoms with Crippen LogP contribution >= 0.6 is 0 Å². The predicted molar refractivity (Wildman–Crippen MR) is 74.6 cm³/mol. The Morgan fingerprint density at radius 1 is 1.22 bits per heavy atom. The van der Waals surface area contributed by atoms with Crippen LogP contribution in [0.4, 0.5) is 4.39 Å². The fraction of sp³-hybridized carbons (Fsp3) is 1.00. The molecule has 0 aromatic rings. The van der Waals surface area contributed by atoms with E-state index in [0.717, 1.165) is 13.1 Å². The number of piperazine rings is 1. The quantitative estimate of drug-likeness (QED) is 0.817. The summed E-state index contributed by atoms with van der Waals surface area (Å²) in [5.74, 6) is 0. The van der Waals surface area contributed by atoms with Crippen molar-refractivity contribution in [3.8, 4) is 0 Å². The van der Waals surface area contributed by atoms with Crippen molar-refractivity contribution in [1.82, 2.24) is 10.2 Å². The Morgan fingerprint density at radius 2 is 1.89 bits per heavy atom. The number of rotatable bonds is 2. The lowest BCUT2D eigenvalue weighted by molar-refractivity contribution is 0.00551. The fourth-order valence-electron chi connectivity index (χ4n) is 3.76. The Hall–Kier alpha value is -0.150. The molecule has 18 heavy (non-hydrogen) atoms. The van der Waals surface area contributed by atoms with Crippen LogP contribution in [-0.4, -0.2) is 42.8 Å². The molecule has 1 saturated carbocycles. The monoisotopic (exact) mass is 256 g/mol. The first-order valence-electron chi connectivity index (χ1n) is 7.52. The number of nitrogens with one attached hydrogen (secondary N) is 1. The maximum Gasteiger partial charge on any atom is 0.102 e. The Morgan fingerprint density at radius 3 is 2.44 bits per heavy atom. The van der Waals surface area contributed by atoms with E-state index in [0.29, 0.717) is 12.6 Å². The number of hydrogen-bond acceptors (Lipinski definition) is 2. The van der Waals surface area contributed by atoms with Gasteiger partial charge in [-0.2, -0.15) is 0 Å². The van der Waals surface area contributed by atoms with Crippen molar-refractivity contribution in [1.29, 1.82) is 0 Å². The normalized spacial score (nSPS) is 29.7. The molecule has 1 aliphatic carbocycles. The summed E-state index contributed by atoms with van der Waals surface area (Å²) in [6, 6.07) is 0.459. The van der Waals surface area contributed by atoms with Crippen molar-refractivity contribution in [2.45, 2.75) is 64.5 Å². The Labute approximate surface area is 111 Å². The van der Waals surface area contributed by atoms with Gasteiger partial charge in [-0.15, -0.1) is 0 Å². The molecule has 0 amide bonds. The highest BCUT2D eigenvalue weighted by molar-refractivity contribution is 5.02. The van der Waals surface area contributed by atoms with E-state index in [1.165, 1.54) is 32.1 Å². The lowest BCUT2D eigenvalue weighted by Crippen LogP contribution is -2.67. The third-order valence-electron chi connectivity index (χ3n) is 4.80. The first-order chi connectivity index (χ1) is 8.47. The molecule has 1 atom stereocenters. The van der Waals surface area contributed by atoms with Gasteiger partial charge in [0.15, 0.2) is 0 Å². The number of nitrogens with zero attached hydrogens (tertiary/aromatic N) is 1. The standard InChI is InChI=1S/C15H29FN2/c1-14(2,3)13-11-17-15(7-5-4-6-8-15)12-18(13)10-9-16/h13,17H,4-12H2,1-3H3. The van der Waals surface area contributed by atoms with E-state index >= 15 is 0 Å². The average molecular weight is 256 g/mol. The summed E-state index contributed by atoms with van der Waals surface area (Å²) in [6.45, 7) is 9.24. The highest BCUT2D eigenvalue weighted by atomic mass is 19.1. The zero-order valence-electron chi connectivity index (χ0n) is 12.3. The highest BCUT2D eigenvalue weighted by Crippen LogP contribution is 2.35. The van der Waals surface area contributed by atoms with Crippen molar-refractivity contribution in [2.24, 2.45) is 5.41 Å². The van der Waals surface area contributed by atoms with Gasteiger partial charge in [0, 0.05) is 31.2 Å². The summed E-state index contributed by atoms with van der Waals surface area (Å²) in [7, 11) is 0. The molecule has 0 radical (unpaired) electrons. The van der Waals surface area contributed by atoms with Crippen molar-refractivity contribution >= 4 is 0 Å². The molecule has 2 rings (SSSR count). The first-order valence-corrected chi connectivity index (χ1v) is 7.52. The Kier molecular flexibility index (Phi) is 4.32. The van der Waals surface area contributed by atoms with E-state index < -0.39 is 0 Å². The number of hydrogen-bond donors (Lipinski definition) is 1. The van der Waals surface area contributed by atoms with Gasteiger partial charge in [0.2, 0.25) is 0 Å². The van der Waals surface area contributed by atoms with Crippen LogP contribution in [-0.2, 0) is 0 Å². The topological polar surface area (TPSA) is 15.3 Å². The third kappa shape index (κ3) is 3.05. The molecule has 1 saturated heterocycles. The average Bonchev–Trinajstić information content (AvgIpc) is 2.29. The van der Waals surface area contributed by atoms with Gasteiger partial charge in [0.25, 0.3) is 0 Å². The smallest absolute Gasteiger partial charge is 0.102 e. The van der Waals surface area contributed by atoms with E-state index in [-0.39, 0.29) is 17.6 Å². The molecule has 0 aromatic carbocycles. The molecule has 0 aromatic heterocycles. The molecule has 3 heteroatoms. The fourth-order valence-corrected chi connectivity index (χ4v) is 3.76. The van der Waals surface area contributed by atoms with Crippen molar-refractivity contribution in [3.63, 3.8) is 0 Å². The van der Waals surface area contributed by atoms with Gasteiger partial charge in [-0.05, 0) is 18.3 Å². The molecule has 2 fully saturated rings. The minimum absolute atomic E-state index is 0.220. The summed E-state index contributed by atoms with van der Waals surface area (Å²) in [5.41, 5.74) is 0.508. The van der Waals surface area contributed by atoms with Gasteiger partial charge in [0.1, 0.15) is 6.67 Å². The van der Waals surface area contributed by atoms with Crippen LogP contribution in [0.2, 0.25) is 0 Å². The zero-order chi connectivity index (χ0) is 13.2. The molecular formula is C15H29FN2. The predicted octanol–water partition coefficient (Wildman–Crippen LogP) is 2.98. The number of halogens is 1. The molecule has 1 spiro atoms. The summed E-state index contributed by atoms with van der Waals surface area (Å²) in [5, 5.41) is 3.82. The van der Waals surface area contributed by atoms with E-state index in [9.17, 15) is 4.39 Å². The molecule has 0 bridgehead atoms. The Bertz CT molecular complexity index is 266. The molecule has 2 nitrogen and oxygen atoms in total. The number of alkyl halides is 1. The van der Waals surface area contributed by atoms with Gasteiger partial charge < -0.3 is 5.32 Å². The SMILES string of the molecule is CC(C)(C)C1CNC2(CCCCC2)CN1CCF. The molecule has 2 aliphatic rings. The van der Waals surface area contributed by atoms with E-state index in [4.69, 9.17) is 0 Å². The zero-order valence-corrected chi connectivity index (χ0v) is 12.3. The van der Waals surface area contributed by atoms with Crippen molar-refractivity contribution in [3.05, 3.63) is 0 Å². The molecule has 1 unspecified atom stereocenters. The maximum absolute atomic E-state index is 12.8.